The second-order valence-electron chi connectivity index (χ2n) is 10.6. The largest absolute Gasteiger partial charge is 0.391 e. The van der Waals surface area contributed by atoms with Crippen LogP contribution in [0.4, 0.5) is 5.00 Å². The van der Waals surface area contributed by atoms with E-state index < -0.39 is 6.10 Å². The van der Waals surface area contributed by atoms with Crippen LogP contribution in [0.25, 0.3) is 0 Å². The number of anilines is 1. The van der Waals surface area contributed by atoms with Crippen molar-refractivity contribution in [3.8, 4) is 0 Å². The summed E-state index contributed by atoms with van der Waals surface area (Å²) in [6.07, 6.45) is 9.50. The molecule has 1 aliphatic heterocycles. The Morgan fingerprint density at radius 2 is 1.87 bits per heavy atom. The average molecular weight is 445 g/mol. The Bertz CT molecular complexity index is 898. The number of carbonyl (C=O) groups excluding carboxylic acids is 2. The third kappa shape index (κ3) is 3.26. The highest BCUT2D eigenvalue weighted by Gasteiger charge is 2.61. The molecule has 4 unspecified atom stereocenters. The van der Waals surface area contributed by atoms with Gasteiger partial charge in [0.1, 0.15) is 5.00 Å². The molecule has 7 rings (SSSR count). The normalized spacial score (nSPS) is 38.2. The molecule has 5 saturated carbocycles. The van der Waals surface area contributed by atoms with Crippen molar-refractivity contribution < 1.29 is 19.4 Å². The summed E-state index contributed by atoms with van der Waals surface area (Å²) in [6, 6.07) is -0.208. The molecule has 7 heteroatoms. The minimum absolute atomic E-state index is 0.133. The van der Waals surface area contributed by atoms with Gasteiger partial charge in [0.15, 0.2) is 0 Å². The van der Waals surface area contributed by atoms with Crippen molar-refractivity contribution in [1.82, 2.24) is 5.32 Å². The number of rotatable bonds is 4. The Kier molecular flexibility index (Phi) is 4.92. The third-order valence-electron chi connectivity index (χ3n) is 8.76. The molecular weight excluding hydrogens is 412 g/mol. The van der Waals surface area contributed by atoms with Gasteiger partial charge in [0.2, 0.25) is 5.91 Å². The van der Waals surface area contributed by atoms with E-state index in [1.54, 1.807) is 0 Å². The lowest BCUT2D eigenvalue weighted by molar-refractivity contribution is -0.127. The van der Waals surface area contributed by atoms with E-state index in [0.717, 1.165) is 49.0 Å². The molecule has 2 heterocycles. The second kappa shape index (κ2) is 7.56. The molecule has 1 aromatic heterocycles. The molecule has 1 aromatic rings. The second-order valence-corrected chi connectivity index (χ2v) is 11.7. The van der Waals surface area contributed by atoms with Crippen LogP contribution in [0.3, 0.4) is 0 Å². The van der Waals surface area contributed by atoms with Crippen LogP contribution in [0.2, 0.25) is 0 Å². The molecule has 5 fully saturated rings. The number of amides is 2. The number of ether oxygens (including phenoxy) is 1. The molecule has 0 spiro atoms. The van der Waals surface area contributed by atoms with E-state index in [2.05, 4.69) is 10.6 Å². The summed E-state index contributed by atoms with van der Waals surface area (Å²) >= 11 is 1.50. The Morgan fingerprint density at radius 1 is 1.10 bits per heavy atom. The van der Waals surface area contributed by atoms with E-state index in [0.29, 0.717) is 48.0 Å². The van der Waals surface area contributed by atoms with E-state index in [9.17, 15) is 14.7 Å². The Balaban J connectivity index is 1.28. The van der Waals surface area contributed by atoms with Crippen molar-refractivity contribution in [2.75, 3.05) is 11.9 Å². The van der Waals surface area contributed by atoms with Crippen LogP contribution in [0.5, 0.6) is 0 Å². The van der Waals surface area contributed by atoms with E-state index >= 15 is 0 Å². The van der Waals surface area contributed by atoms with Crippen molar-refractivity contribution in [3.63, 3.8) is 0 Å². The molecule has 0 saturated heterocycles. The summed E-state index contributed by atoms with van der Waals surface area (Å²) in [5, 5.41) is 17.4. The van der Waals surface area contributed by atoms with E-state index in [1.807, 2.05) is 0 Å². The summed E-state index contributed by atoms with van der Waals surface area (Å²) in [5.41, 5.74) is 1.41. The molecule has 168 valence electrons. The van der Waals surface area contributed by atoms with Gasteiger partial charge in [0, 0.05) is 4.88 Å². The fraction of sp³-hybridized carbons (Fsp3) is 0.750. The number of carbonyl (C=O) groups is 2. The number of hydrogen-bond acceptors (Lipinski definition) is 5. The van der Waals surface area contributed by atoms with Gasteiger partial charge in [-0.15, -0.1) is 11.3 Å². The highest BCUT2D eigenvalue weighted by Crippen LogP contribution is 2.65. The molecule has 4 atom stereocenters. The smallest absolute Gasteiger partial charge is 0.254 e. The van der Waals surface area contributed by atoms with E-state index in [1.165, 1.54) is 30.6 Å². The maximum Gasteiger partial charge on any atom is 0.254 e. The molecule has 6 nitrogen and oxygen atoms in total. The number of thiophene rings is 1. The molecular formula is C24H32N2O4S. The highest BCUT2D eigenvalue weighted by atomic mass is 32.1. The van der Waals surface area contributed by atoms with Crippen LogP contribution < -0.4 is 10.6 Å². The van der Waals surface area contributed by atoms with Gasteiger partial charge in [0.05, 0.1) is 36.3 Å². The predicted octanol–water partition coefficient (Wildman–Crippen LogP) is 3.62. The lowest BCUT2D eigenvalue weighted by Crippen LogP contribution is -2.45. The fourth-order valence-electron chi connectivity index (χ4n) is 7.48. The maximum atomic E-state index is 13.6. The summed E-state index contributed by atoms with van der Waals surface area (Å²) in [4.78, 5) is 28.0. The maximum absolute atomic E-state index is 13.6. The SMILES string of the molecule is O=C(NC1CCCCC1O)c1c(NC(=O)C23CC4CC(CC2C4)C3)sc2c1CCOC2. The van der Waals surface area contributed by atoms with Crippen LogP contribution >= 0.6 is 11.3 Å². The number of hydrogen-bond donors (Lipinski definition) is 3. The predicted molar refractivity (Wildman–Crippen MR) is 118 cm³/mol. The van der Waals surface area contributed by atoms with Gasteiger partial charge in [-0.25, -0.2) is 0 Å². The quantitative estimate of drug-likeness (QED) is 0.662. The first kappa shape index (κ1) is 20.2. The Morgan fingerprint density at radius 3 is 2.65 bits per heavy atom. The summed E-state index contributed by atoms with van der Waals surface area (Å²) in [6.45, 7) is 1.10. The summed E-state index contributed by atoms with van der Waals surface area (Å²) in [5.74, 6) is 1.92. The van der Waals surface area contributed by atoms with Gasteiger partial charge < -0.3 is 20.5 Å². The van der Waals surface area contributed by atoms with Crippen LogP contribution in [0.15, 0.2) is 0 Å². The van der Waals surface area contributed by atoms with Crippen LogP contribution in [0.1, 0.15) is 78.6 Å². The fourth-order valence-corrected chi connectivity index (χ4v) is 8.65. The molecule has 4 bridgehead atoms. The zero-order valence-electron chi connectivity index (χ0n) is 18.0. The van der Waals surface area contributed by atoms with Gasteiger partial charge >= 0.3 is 0 Å². The van der Waals surface area contributed by atoms with Gasteiger partial charge in [-0.3, -0.25) is 9.59 Å². The molecule has 6 aliphatic rings. The third-order valence-corrected chi connectivity index (χ3v) is 9.88. The standard InChI is InChI=1S/C24H32N2O4S/c27-18-4-2-1-3-17(18)25-21(28)20-16-5-6-30-12-19(16)31-22(20)26-23(29)24-10-13-7-14(11-24)9-15(24)8-13/h13-15,17-18,27H,1-12H2,(H,25,28)(H,26,29). The lowest BCUT2D eigenvalue weighted by atomic mass is 9.75. The molecule has 0 radical (unpaired) electrons. The summed E-state index contributed by atoms with van der Waals surface area (Å²) < 4.78 is 5.63. The van der Waals surface area contributed by atoms with Gasteiger partial charge in [-0.05, 0) is 74.7 Å². The number of aliphatic hydroxyl groups excluding tert-OH is 1. The number of aliphatic hydroxyl groups is 1. The molecule has 2 amide bonds. The minimum atomic E-state index is -0.489. The molecule has 5 aliphatic carbocycles. The number of nitrogens with one attached hydrogen (secondary N) is 2. The van der Waals surface area contributed by atoms with Gasteiger partial charge in [-0.1, -0.05) is 12.8 Å². The van der Waals surface area contributed by atoms with Crippen molar-refractivity contribution >= 4 is 28.2 Å². The first-order chi connectivity index (χ1) is 15.0. The minimum Gasteiger partial charge on any atom is -0.391 e. The topological polar surface area (TPSA) is 87.7 Å². The van der Waals surface area contributed by atoms with Crippen molar-refractivity contribution in [1.29, 1.82) is 0 Å². The Labute approximate surface area is 187 Å². The lowest BCUT2D eigenvalue weighted by Gasteiger charge is -2.31. The van der Waals surface area contributed by atoms with Crippen molar-refractivity contribution in [2.45, 2.75) is 83.0 Å². The molecule has 3 N–H and O–H groups in total. The molecule has 0 aromatic carbocycles. The van der Waals surface area contributed by atoms with Crippen LogP contribution in [-0.2, 0) is 22.6 Å². The van der Waals surface area contributed by atoms with Crippen molar-refractivity contribution in [2.24, 2.45) is 23.2 Å². The first-order valence-corrected chi connectivity index (χ1v) is 12.9. The summed E-state index contributed by atoms with van der Waals surface area (Å²) in [7, 11) is 0. The van der Waals surface area contributed by atoms with Crippen molar-refractivity contribution in [3.05, 3.63) is 16.0 Å². The van der Waals surface area contributed by atoms with Crippen LogP contribution in [-0.4, -0.2) is 35.7 Å². The zero-order valence-corrected chi connectivity index (χ0v) is 18.8. The first-order valence-electron chi connectivity index (χ1n) is 12.1. The van der Waals surface area contributed by atoms with E-state index in [-0.39, 0.29) is 23.3 Å². The Hall–Kier alpha value is -1.44. The molecule has 31 heavy (non-hydrogen) atoms. The zero-order chi connectivity index (χ0) is 21.2. The van der Waals surface area contributed by atoms with Gasteiger partial charge in [0.25, 0.3) is 5.91 Å². The monoisotopic (exact) mass is 444 g/mol. The van der Waals surface area contributed by atoms with E-state index in [4.69, 9.17) is 4.74 Å². The van der Waals surface area contributed by atoms with Crippen LogP contribution in [0, 0.1) is 23.2 Å². The average Bonchev–Trinajstić information content (AvgIpc) is 3.33. The van der Waals surface area contributed by atoms with Gasteiger partial charge in [-0.2, -0.15) is 0 Å². The number of fused-ring (bicyclic) bond motifs is 1. The highest BCUT2D eigenvalue weighted by molar-refractivity contribution is 7.17.